The van der Waals surface area contributed by atoms with Gasteiger partial charge in [0.05, 0.1) is 10.2 Å². The lowest BCUT2D eigenvalue weighted by Gasteiger charge is -2.19. The molecule has 0 spiro atoms. The third kappa shape index (κ3) is 2.90. The van der Waals surface area contributed by atoms with E-state index in [0.717, 1.165) is 10.2 Å². The molecule has 1 aromatic carbocycles. The van der Waals surface area contributed by atoms with Gasteiger partial charge in [0.15, 0.2) is 0 Å². The van der Waals surface area contributed by atoms with Crippen molar-refractivity contribution in [2.75, 3.05) is 5.01 Å². The molecule has 0 aliphatic rings. The van der Waals surface area contributed by atoms with Crippen LogP contribution in [0, 0.1) is 5.92 Å². The Morgan fingerprint density at radius 2 is 2.00 bits per heavy atom. The number of nitrogens with zero attached hydrogens (tertiary/aromatic N) is 2. The molecule has 1 heterocycles. The maximum atomic E-state index is 11.7. The maximum absolute atomic E-state index is 11.7. The summed E-state index contributed by atoms with van der Waals surface area (Å²) in [6, 6.07) is 7.60. The van der Waals surface area contributed by atoms with E-state index in [1.54, 1.807) is 13.8 Å². The second-order valence-corrected chi connectivity index (χ2v) is 5.46. The number of anilines is 1. The minimum Gasteiger partial charge on any atom is -0.273 e. The first kappa shape index (κ1) is 13.5. The quantitative estimate of drug-likeness (QED) is 0.857. The molecule has 1 N–H and O–H groups in total. The van der Waals surface area contributed by atoms with E-state index >= 15 is 0 Å². The number of carbonyl (C=O) groups is 2. The Bertz CT molecular complexity index is 588. The highest BCUT2D eigenvalue weighted by molar-refractivity contribution is 7.22. The summed E-state index contributed by atoms with van der Waals surface area (Å²) in [6.45, 7) is 4.94. The molecule has 0 unspecified atom stereocenters. The van der Waals surface area contributed by atoms with Gasteiger partial charge in [-0.3, -0.25) is 15.0 Å². The lowest BCUT2D eigenvalue weighted by atomic mass is 10.2. The number of benzene rings is 1. The number of thiazole rings is 1. The number of hydrazine groups is 1. The summed E-state index contributed by atoms with van der Waals surface area (Å²) in [7, 11) is 0. The molecule has 0 saturated heterocycles. The maximum Gasteiger partial charge on any atom is 0.244 e. The molecular formula is C13H15N3O2S. The van der Waals surface area contributed by atoms with Crippen LogP contribution in [0.2, 0.25) is 0 Å². The van der Waals surface area contributed by atoms with Crippen LogP contribution in [0.4, 0.5) is 5.13 Å². The van der Waals surface area contributed by atoms with Crippen LogP contribution in [-0.2, 0) is 9.59 Å². The SMILES string of the molecule is CC(=O)N(NC(=O)C(C)C)c1nc2ccccc2s1. The Hall–Kier alpha value is -1.95. The summed E-state index contributed by atoms with van der Waals surface area (Å²) in [5.74, 6) is -0.682. The van der Waals surface area contributed by atoms with Crippen LogP contribution in [0.1, 0.15) is 20.8 Å². The fourth-order valence-electron chi connectivity index (χ4n) is 1.46. The number of aromatic nitrogens is 1. The number of para-hydroxylation sites is 1. The van der Waals surface area contributed by atoms with Crippen LogP contribution in [0.5, 0.6) is 0 Å². The van der Waals surface area contributed by atoms with Crippen molar-refractivity contribution in [1.29, 1.82) is 0 Å². The molecule has 5 nitrogen and oxygen atoms in total. The highest BCUT2D eigenvalue weighted by Crippen LogP contribution is 2.27. The first-order valence-corrected chi connectivity index (χ1v) is 6.77. The van der Waals surface area contributed by atoms with Gasteiger partial charge in [0, 0.05) is 12.8 Å². The van der Waals surface area contributed by atoms with Crippen LogP contribution < -0.4 is 10.4 Å². The van der Waals surface area contributed by atoms with Crippen LogP contribution in [0.15, 0.2) is 24.3 Å². The molecule has 0 bridgehead atoms. The van der Waals surface area contributed by atoms with Crippen LogP contribution >= 0.6 is 11.3 Å². The summed E-state index contributed by atoms with van der Waals surface area (Å²) in [4.78, 5) is 27.7. The molecule has 0 aliphatic heterocycles. The largest absolute Gasteiger partial charge is 0.273 e. The number of nitrogens with one attached hydrogen (secondary N) is 1. The summed E-state index contributed by atoms with van der Waals surface area (Å²) < 4.78 is 0.975. The van der Waals surface area contributed by atoms with Crippen molar-refractivity contribution in [3.63, 3.8) is 0 Å². The van der Waals surface area contributed by atoms with Gasteiger partial charge in [-0.15, -0.1) is 0 Å². The zero-order valence-electron chi connectivity index (χ0n) is 11.0. The topological polar surface area (TPSA) is 62.3 Å². The van der Waals surface area contributed by atoms with Gasteiger partial charge in [-0.2, -0.15) is 5.01 Å². The highest BCUT2D eigenvalue weighted by Gasteiger charge is 2.20. The van der Waals surface area contributed by atoms with E-state index < -0.39 is 0 Å². The Morgan fingerprint density at radius 3 is 2.58 bits per heavy atom. The molecule has 0 atom stereocenters. The summed E-state index contributed by atoms with van der Waals surface area (Å²) in [5, 5.41) is 1.68. The standard InChI is InChI=1S/C13H15N3O2S/c1-8(2)12(18)15-16(9(3)17)13-14-10-6-4-5-7-11(10)19-13/h4-8H,1-3H3,(H,15,18). The Labute approximate surface area is 115 Å². The third-order valence-electron chi connectivity index (χ3n) is 2.54. The second kappa shape index (κ2) is 5.36. The van der Waals surface area contributed by atoms with Crippen LogP contribution in [-0.4, -0.2) is 16.8 Å². The average Bonchev–Trinajstić information content (AvgIpc) is 2.78. The lowest BCUT2D eigenvalue weighted by Crippen LogP contribution is -2.47. The van der Waals surface area contributed by atoms with Crippen molar-refractivity contribution < 1.29 is 9.59 Å². The molecule has 2 amide bonds. The van der Waals surface area contributed by atoms with Crippen molar-refractivity contribution in [1.82, 2.24) is 10.4 Å². The van der Waals surface area contributed by atoms with Gasteiger partial charge in [0.1, 0.15) is 0 Å². The van der Waals surface area contributed by atoms with E-state index in [9.17, 15) is 9.59 Å². The first-order valence-electron chi connectivity index (χ1n) is 5.96. The van der Waals surface area contributed by atoms with E-state index in [-0.39, 0.29) is 17.7 Å². The molecule has 2 rings (SSSR count). The fraction of sp³-hybridized carbons (Fsp3) is 0.308. The minimum atomic E-state index is -0.270. The molecule has 0 saturated carbocycles. The number of carbonyl (C=O) groups excluding carboxylic acids is 2. The van der Waals surface area contributed by atoms with Crippen LogP contribution in [0.3, 0.4) is 0 Å². The van der Waals surface area contributed by atoms with Gasteiger partial charge in [-0.1, -0.05) is 37.3 Å². The number of hydrogen-bond acceptors (Lipinski definition) is 4. The molecular weight excluding hydrogens is 262 g/mol. The van der Waals surface area contributed by atoms with Gasteiger partial charge in [-0.05, 0) is 12.1 Å². The van der Waals surface area contributed by atoms with Crippen molar-refractivity contribution in [3.05, 3.63) is 24.3 Å². The number of hydrogen-bond donors (Lipinski definition) is 1. The van der Waals surface area contributed by atoms with E-state index in [1.807, 2.05) is 24.3 Å². The zero-order valence-corrected chi connectivity index (χ0v) is 11.8. The number of rotatable bonds is 2. The molecule has 0 radical (unpaired) electrons. The summed E-state index contributed by atoms with van der Waals surface area (Å²) in [5.41, 5.74) is 3.40. The van der Waals surface area contributed by atoms with Crippen LogP contribution in [0.25, 0.3) is 10.2 Å². The molecule has 2 aromatic rings. The van der Waals surface area contributed by atoms with E-state index in [4.69, 9.17) is 0 Å². The summed E-state index contributed by atoms with van der Waals surface area (Å²) >= 11 is 1.37. The minimum absolute atomic E-state index is 0.198. The molecule has 0 fully saturated rings. The zero-order chi connectivity index (χ0) is 14.0. The Kier molecular flexibility index (Phi) is 3.80. The molecule has 0 aliphatic carbocycles. The first-order chi connectivity index (χ1) is 8.99. The molecule has 6 heteroatoms. The van der Waals surface area contributed by atoms with Gasteiger partial charge >= 0.3 is 0 Å². The molecule has 100 valence electrons. The average molecular weight is 277 g/mol. The second-order valence-electron chi connectivity index (χ2n) is 4.45. The predicted molar refractivity (Wildman–Crippen MR) is 75.8 cm³/mol. The van der Waals surface area contributed by atoms with Crippen molar-refractivity contribution >= 4 is 38.5 Å². The van der Waals surface area contributed by atoms with E-state index in [1.165, 1.54) is 23.3 Å². The predicted octanol–water partition coefficient (Wildman–Crippen LogP) is 2.34. The van der Waals surface area contributed by atoms with E-state index in [0.29, 0.717) is 5.13 Å². The number of amides is 2. The van der Waals surface area contributed by atoms with Gasteiger partial charge < -0.3 is 0 Å². The molecule has 1 aromatic heterocycles. The Balaban J connectivity index is 2.33. The monoisotopic (exact) mass is 277 g/mol. The summed E-state index contributed by atoms with van der Waals surface area (Å²) in [6.07, 6.45) is 0. The van der Waals surface area contributed by atoms with Gasteiger partial charge in [0.25, 0.3) is 0 Å². The van der Waals surface area contributed by atoms with Gasteiger partial charge in [-0.25, -0.2) is 4.98 Å². The van der Waals surface area contributed by atoms with Crippen molar-refractivity contribution in [3.8, 4) is 0 Å². The Morgan fingerprint density at radius 1 is 1.32 bits per heavy atom. The highest BCUT2D eigenvalue weighted by atomic mass is 32.1. The van der Waals surface area contributed by atoms with Gasteiger partial charge in [0.2, 0.25) is 16.9 Å². The normalized spacial score (nSPS) is 10.7. The smallest absolute Gasteiger partial charge is 0.244 e. The van der Waals surface area contributed by atoms with Crippen molar-refractivity contribution in [2.24, 2.45) is 5.92 Å². The lowest BCUT2D eigenvalue weighted by molar-refractivity contribution is -0.127. The van der Waals surface area contributed by atoms with Crippen molar-refractivity contribution in [2.45, 2.75) is 20.8 Å². The van der Waals surface area contributed by atoms with E-state index in [2.05, 4.69) is 10.4 Å². The molecule has 19 heavy (non-hydrogen) atoms. The number of fused-ring (bicyclic) bond motifs is 1. The third-order valence-corrected chi connectivity index (χ3v) is 3.56. The fourth-order valence-corrected chi connectivity index (χ4v) is 2.43.